The van der Waals surface area contributed by atoms with Crippen molar-refractivity contribution in [3.63, 3.8) is 0 Å². The SMILES string of the molecule is CS(=O)(=O)Cc1ccc(C(=O)N2CCN(Cc3cccnc3)CC2)cc1. The molecule has 0 saturated carbocycles. The minimum atomic E-state index is -3.07. The fourth-order valence-corrected chi connectivity index (χ4v) is 3.89. The lowest BCUT2D eigenvalue weighted by atomic mass is 10.1. The number of hydrogen-bond donors (Lipinski definition) is 0. The fourth-order valence-electron chi connectivity index (χ4n) is 3.09. The number of sulfone groups is 1. The van der Waals surface area contributed by atoms with E-state index in [-0.39, 0.29) is 11.7 Å². The lowest BCUT2D eigenvalue weighted by molar-refractivity contribution is 0.0628. The number of carbonyl (C=O) groups excluding carboxylic acids is 1. The van der Waals surface area contributed by atoms with Crippen LogP contribution in [-0.2, 0) is 22.1 Å². The molecule has 2 aromatic rings. The van der Waals surface area contributed by atoms with Gasteiger partial charge in [0.2, 0.25) is 0 Å². The van der Waals surface area contributed by atoms with Crippen molar-refractivity contribution in [1.29, 1.82) is 0 Å². The van der Waals surface area contributed by atoms with Gasteiger partial charge in [-0.2, -0.15) is 0 Å². The summed E-state index contributed by atoms with van der Waals surface area (Å²) in [7, 11) is -3.07. The Morgan fingerprint density at radius 1 is 1.04 bits per heavy atom. The highest BCUT2D eigenvalue weighted by Gasteiger charge is 2.22. The van der Waals surface area contributed by atoms with Crippen LogP contribution in [0.3, 0.4) is 0 Å². The first-order valence-electron chi connectivity index (χ1n) is 8.58. The van der Waals surface area contributed by atoms with Crippen LogP contribution in [0.4, 0.5) is 0 Å². The number of nitrogens with zero attached hydrogens (tertiary/aromatic N) is 3. The maximum Gasteiger partial charge on any atom is 0.253 e. The Morgan fingerprint density at radius 3 is 2.31 bits per heavy atom. The molecule has 7 heteroatoms. The molecule has 1 aliphatic rings. The monoisotopic (exact) mass is 373 g/mol. The Bertz CT molecular complexity index is 843. The molecule has 0 unspecified atom stereocenters. The van der Waals surface area contributed by atoms with Gasteiger partial charge in [0.15, 0.2) is 9.84 Å². The minimum absolute atomic E-state index is 0.00284. The maximum absolute atomic E-state index is 12.6. The number of amides is 1. The first kappa shape index (κ1) is 18.5. The zero-order valence-corrected chi connectivity index (χ0v) is 15.7. The van der Waals surface area contributed by atoms with E-state index in [9.17, 15) is 13.2 Å². The van der Waals surface area contributed by atoms with E-state index in [0.717, 1.165) is 19.6 Å². The van der Waals surface area contributed by atoms with Crippen LogP contribution in [0.1, 0.15) is 21.5 Å². The number of piperazine rings is 1. The molecule has 0 N–H and O–H groups in total. The number of pyridine rings is 1. The number of benzene rings is 1. The number of aromatic nitrogens is 1. The molecular formula is C19H23N3O3S. The molecule has 6 nitrogen and oxygen atoms in total. The number of rotatable bonds is 5. The van der Waals surface area contributed by atoms with E-state index in [1.807, 2.05) is 17.2 Å². The average Bonchev–Trinajstić information content (AvgIpc) is 2.62. The average molecular weight is 373 g/mol. The van der Waals surface area contributed by atoms with Crippen molar-refractivity contribution in [2.75, 3.05) is 32.4 Å². The van der Waals surface area contributed by atoms with Gasteiger partial charge >= 0.3 is 0 Å². The summed E-state index contributed by atoms with van der Waals surface area (Å²) < 4.78 is 22.7. The van der Waals surface area contributed by atoms with Crippen LogP contribution in [0.25, 0.3) is 0 Å². The van der Waals surface area contributed by atoms with Gasteiger partial charge in [-0.15, -0.1) is 0 Å². The van der Waals surface area contributed by atoms with Crippen LogP contribution in [-0.4, -0.2) is 61.5 Å². The Morgan fingerprint density at radius 2 is 1.73 bits per heavy atom. The zero-order chi connectivity index (χ0) is 18.6. The second-order valence-corrected chi connectivity index (χ2v) is 8.84. The highest BCUT2D eigenvalue weighted by molar-refractivity contribution is 7.89. The summed E-state index contributed by atoms with van der Waals surface area (Å²) in [6.45, 7) is 3.87. The maximum atomic E-state index is 12.6. The zero-order valence-electron chi connectivity index (χ0n) is 14.8. The second-order valence-electron chi connectivity index (χ2n) is 6.70. The van der Waals surface area contributed by atoms with Gasteiger partial charge in [-0.25, -0.2) is 8.42 Å². The van der Waals surface area contributed by atoms with E-state index in [4.69, 9.17) is 0 Å². The summed E-state index contributed by atoms with van der Waals surface area (Å²) in [5.74, 6) is -0.00831. The third-order valence-corrected chi connectivity index (χ3v) is 5.28. The molecular weight excluding hydrogens is 350 g/mol. The van der Waals surface area contributed by atoms with Crippen LogP contribution in [0.15, 0.2) is 48.8 Å². The summed E-state index contributed by atoms with van der Waals surface area (Å²) in [4.78, 5) is 20.9. The van der Waals surface area contributed by atoms with Gasteiger partial charge in [0.1, 0.15) is 0 Å². The van der Waals surface area contributed by atoms with Crippen LogP contribution in [0.2, 0.25) is 0 Å². The molecule has 1 aromatic carbocycles. The first-order chi connectivity index (χ1) is 12.4. The standard InChI is InChI=1S/C19H23N3O3S/c1-26(24,25)15-16-4-6-18(7-5-16)19(23)22-11-9-21(10-12-22)14-17-3-2-8-20-13-17/h2-8,13H,9-12,14-15H2,1H3. The van der Waals surface area contributed by atoms with Crippen molar-refractivity contribution in [3.8, 4) is 0 Å². The Hall–Kier alpha value is -2.25. The third-order valence-electron chi connectivity index (χ3n) is 4.42. The molecule has 0 atom stereocenters. The van der Waals surface area contributed by atoms with Crippen LogP contribution in [0, 0.1) is 0 Å². The Balaban J connectivity index is 1.55. The molecule has 0 spiro atoms. The van der Waals surface area contributed by atoms with Crippen molar-refractivity contribution in [2.24, 2.45) is 0 Å². The fraction of sp³-hybridized carbons (Fsp3) is 0.368. The van der Waals surface area contributed by atoms with Crippen molar-refractivity contribution in [3.05, 3.63) is 65.5 Å². The summed E-state index contributed by atoms with van der Waals surface area (Å²) >= 11 is 0. The molecule has 3 rings (SSSR count). The van der Waals surface area contributed by atoms with Gasteiger partial charge in [0.25, 0.3) is 5.91 Å². The third kappa shape index (κ3) is 5.12. The molecule has 2 heterocycles. The van der Waals surface area contributed by atoms with Crippen LogP contribution in [0.5, 0.6) is 0 Å². The Kier molecular flexibility index (Phi) is 5.68. The van der Waals surface area contributed by atoms with Crippen molar-refractivity contribution in [1.82, 2.24) is 14.8 Å². The highest BCUT2D eigenvalue weighted by atomic mass is 32.2. The highest BCUT2D eigenvalue weighted by Crippen LogP contribution is 2.13. The van der Waals surface area contributed by atoms with E-state index in [2.05, 4.69) is 16.0 Å². The van der Waals surface area contributed by atoms with Gasteiger partial charge in [-0.3, -0.25) is 14.7 Å². The van der Waals surface area contributed by atoms with Gasteiger partial charge in [0, 0.05) is 56.9 Å². The predicted octanol–water partition coefficient (Wildman–Crippen LogP) is 1.58. The van der Waals surface area contributed by atoms with Gasteiger partial charge in [0.05, 0.1) is 5.75 Å². The summed E-state index contributed by atoms with van der Waals surface area (Å²) in [6, 6.07) is 10.8. The summed E-state index contributed by atoms with van der Waals surface area (Å²) in [5, 5.41) is 0. The van der Waals surface area contributed by atoms with Gasteiger partial charge < -0.3 is 4.90 Å². The molecule has 0 radical (unpaired) electrons. The topological polar surface area (TPSA) is 70.6 Å². The van der Waals surface area contributed by atoms with E-state index in [1.54, 1.807) is 30.5 Å². The number of carbonyl (C=O) groups is 1. The molecule has 1 amide bonds. The van der Waals surface area contributed by atoms with E-state index >= 15 is 0 Å². The Labute approximate surface area is 154 Å². The van der Waals surface area contributed by atoms with Crippen LogP contribution >= 0.6 is 0 Å². The van der Waals surface area contributed by atoms with Crippen LogP contribution < -0.4 is 0 Å². The van der Waals surface area contributed by atoms with E-state index < -0.39 is 9.84 Å². The molecule has 1 aliphatic heterocycles. The van der Waals surface area contributed by atoms with E-state index in [1.165, 1.54) is 11.8 Å². The van der Waals surface area contributed by atoms with Gasteiger partial charge in [-0.1, -0.05) is 18.2 Å². The smallest absolute Gasteiger partial charge is 0.253 e. The second kappa shape index (κ2) is 7.97. The largest absolute Gasteiger partial charge is 0.336 e. The van der Waals surface area contributed by atoms with E-state index in [0.29, 0.717) is 24.2 Å². The molecule has 1 fully saturated rings. The molecule has 138 valence electrons. The first-order valence-corrected chi connectivity index (χ1v) is 10.6. The molecule has 0 aliphatic carbocycles. The molecule has 1 aromatic heterocycles. The molecule has 0 bridgehead atoms. The summed E-state index contributed by atoms with van der Waals surface area (Å²) in [5.41, 5.74) is 2.47. The van der Waals surface area contributed by atoms with Crippen molar-refractivity contribution in [2.45, 2.75) is 12.3 Å². The summed E-state index contributed by atoms with van der Waals surface area (Å²) in [6.07, 6.45) is 4.84. The molecule has 26 heavy (non-hydrogen) atoms. The van der Waals surface area contributed by atoms with Gasteiger partial charge in [-0.05, 0) is 29.3 Å². The molecule has 1 saturated heterocycles. The van der Waals surface area contributed by atoms with Crippen molar-refractivity contribution < 1.29 is 13.2 Å². The lowest BCUT2D eigenvalue weighted by Gasteiger charge is -2.34. The predicted molar refractivity (Wildman–Crippen MR) is 100 cm³/mol. The quantitative estimate of drug-likeness (QED) is 0.796. The normalized spacial score (nSPS) is 15.8. The van der Waals surface area contributed by atoms with Crippen molar-refractivity contribution >= 4 is 15.7 Å². The lowest BCUT2D eigenvalue weighted by Crippen LogP contribution is -2.48. The number of hydrogen-bond acceptors (Lipinski definition) is 5. The minimum Gasteiger partial charge on any atom is -0.336 e.